The Kier molecular flexibility index (Phi) is 6.82. The molecule has 0 amide bonds. The summed E-state index contributed by atoms with van der Waals surface area (Å²) < 4.78 is 72.0. The van der Waals surface area contributed by atoms with E-state index in [-0.39, 0.29) is 34.9 Å². The molecule has 0 fully saturated rings. The number of pyridine rings is 1. The minimum Gasteiger partial charge on any atom is -0.456 e. The number of hydrogen-bond donors (Lipinski definition) is 1. The summed E-state index contributed by atoms with van der Waals surface area (Å²) in [6, 6.07) is 16.9. The molecule has 9 heteroatoms. The summed E-state index contributed by atoms with van der Waals surface area (Å²) in [6.45, 7) is 1.51. The number of aromatic nitrogens is 1. The van der Waals surface area contributed by atoms with E-state index in [9.17, 15) is 21.6 Å². The van der Waals surface area contributed by atoms with Crippen LogP contribution in [0.15, 0.2) is 77.8 Å². The van der Waals surface area contributed by atoms with Gasteiger partial charge >= 0.3 is 6.18 Å². The number of hydrogen-bond acceptors (Lipinski definition) is 5. The van der Waals surface area contributed by atoms with Crippen molar-refractivity contribution in [2.75, 3.05) is 12.4 Å². The number of ether oxygens (including phenoxy) is 1. The number of aliphatic hydroxyl groups is 1. The molecule has 1 N–H and O–H groups in total. The van der Waals surface area contributed by atoms with Crippen LogP contribution >= 0.6 is 0 Å². The van der Waals surface area contributed by atoms with E-state index >= 15 is 0 Å². The molecule has 0 unspecified atom stereocenters. The molecule has 0 aliphatic carbocycles. The number of benzene rings is 3. The number of aryl methyl sites for hydroxylation is 1. The van der Waals surface area contributed by atoms with Gasteiger partial charge in [-0.2, -0.15) is 13.2 Å². The Morgan fingerprint density at radius 1 is 1.00 bits per heavy atom. The van der Waals surface area contributed by atoms with Crippen LogP contribution in [0.4, 0.5) is 13.2 Å². The van der Waals surface area contributed by atoms with Crippen molar-refractivity contribution in [2.45, 2.75) is 24.4 Å². The zero-order chi connectivity index (χ0) is 25.2. The lowest BCUT2D eigenvalue weighted by Crippen LogP contribution is -2.09. The lowest BCUT2D eigenvalue weighted by atomic mass is 9.95. The Balaban J connectivity index is 1.78. The van der Waals surface area contributed by atoms with Gasteiger partial charge in [-0.25, -0.2) is 8.42 Å². The molecule has 35 heavy (non-hydrogen) atoms. The highest BCUT2D eigenvalue weighted by Crippen LogP contribution is 2.39. The highest BCUT2D eigenvalue weighted by molar-refractivity contribution is 7.91. The predicted octanol–water partition coefficient (Wildman–Crippen LogP) is 6.18. The molecule has 0 spiro atoms. The number of aliphatic hydroxyl groups excluding tert-OH is 1. The fourth-order valence-corrected chi connectivity index (χ4v) is 5.36. The fourth-order valence-electron chi connectivity index (χ4n) is 3.93. The predicted molar refractivity (Wildman–Crippen MR) is 127 cm³/mol. The van der Waals surface area contributed by atoms with Crippen LogP contribution in [-0.2, 0) is 16.0 Å². The average molecular weight is 502 g/mol. The third kappa shape index (κ3) is 5.16. The van der Waals surface area contributed by atoms with Gasteiger partial charge in [0, 0.05) is 18.2 Å². The standard InChI is InChI=1S/C26H22F3NO4S/c1-17-16-30-25-20(9-5-10-21(25)26(27,28)29)24(17)18-7-4-8-19(15-18)34-22-11-2-3-12-23(22)35(32,33)14-6-13-31/h2-5,7-12,15-16,31H,6,13-14H2,1H3. The van der Waals surface area contributed by atoms with E-state index in [4.69, 9.17) is 9.84 Å². The summed E-state index contributed by atoms with van der Waals surface area (Å²) in [5.74, 6) is 0.218. The molecule has 3 aromatic carbocycles. The Bertz CT molecular complexity index is 1480. The van der Waals surface area contributed by atoms with E-state index in [1.807, 2.05) is 0 Å². The van der Waals surface area contributed by atoms with Gasteiger partial charge < -0.3 is 9.84 Å². The van der Waals surface area contributed by atoms with Gasteiger partial charge in [0.1, 0.15) is 16.4 Å². The van der Waals surface area contributed by atoms with Crippen molar-refractivity contribution < 1.29 is 31.4 Å². The van der Waals surface area contributed by atoms with Crippen molar-refractivity contribution in [1.29, 1.82) is 0 Å². The van der Waals surface area contributed by atoms with Gasteiger partial charge in [0.05, 0.1) is 16.8 Å². The van der Waals surface area contributed by atoms with Gasteiger partial charge in [0.15, 0.2) is 9.84 Å². The average Bonchev–Trinajstić information content (AvgIpc) is 2.82. The first-order chi connectivity index (χ1) is 16.6. The summed E-state index contributed by atoms with van der Waals surface area (Å²) in [5.41, 5.74) is 0.904. The van der Waals surface area contributed by atoms with E-state index < -0.39 is 21.6 Å². The number of fused-ring (bicyclic) bond motifs is 1. The molecule has 0 saturated carbocycles. The summed E-state index contributed by atoms with van der Waals surface area (Å²) >= 11 is 0. The Morgan fingerprint density at radius 3 is 2.49 bits per heavy atom. The molecular weight excluding hydrogens is 479 g/mol. The highest BCUT2D eigenvalue weighted by Gasteiger charge is 2.33. The van der Waals surface area contributed by atoms with Crippen LogP contribution in [0.3, 0.4) is 0 Å². The molecular formula is C26H22F3NO4S. The number of para-hydroxylation sites is 2. The fraction of sp³-hybridized carbons (Fsp3) is 0.192. The van der Waals surface area contributed by atoms with Crippen LogP contribution in [0.1, 0.15) is 17.5 Å². The van der Waals surface area contributed by atoms with Gasteiger partial charge in [-0.05, 0) is 60.4 Å². The molecule has 0 aliphatic rings. The number of nitrogens with zero attached hydrogens (tertiary/aromatic N) is 1. The second kappa shape index (κ2) is 9.67. The van der Waals surface area contributed by atoms with Crippen molar-refractivity contribution in [2.24, 2.45) is 0 Å². The number of sulfone groups is 1. The molecule has 0 radical (unpaired) electrons. The van der Waals surface area contributed by atoms with Crippen LogP contribution in [0.5, 0.6) is 11.5 Å². The lowest BCUT2D eigenvalue weighted by Gasteiger charge is -2.16. The van der Waals surface area contributed by atoms with Gasteiger partial charge in [-0.1, -0.05) is 36.4 Å². The largest absolute Gasteiger partial charge is 0.456 e. The molecule has 0 saturated heterocycles. The van der Waals surface area contributed by atoms with E-state index in [2.05, 4.69) is 4.98 Å². The Morgan fingerprint density at radius 2 is 1.74 bits per heavy atom. The normalized spacial score (nSPS) is 12.1. The van der Waals surface area contributed by atoms with Gasteiger partial charge in [-0.15, -0.1) is 0 Å². The van der Waals surface area contributed by atoms with E-state index in [1.165, 1.54) is 24.4 Å². The number of halogens is 3. The van der Waals surface area contributed by atoms with Gasteiger partial charge in [0.25, 0.3) is 0 Å². The minimum absolute atomic E-state index is 0.000728. The van der Waals surface area contributed by atoms with Crippen molar-refractivity contribution >= 4 is 20.7 Å². The van der Waals surface area contributed by atoms with Crippen molar-refractivity contribution in [3.8, 4) is 22.6 Å². The topological polar surface area (TPSA) is 76.5 Å². The first kappa shape index (κ1) is 24.7. The van der Waals surface area contributed by atoms with Crippen molar-refractivity contribution in [3.05, 3.63) is 84.1 Å². The highest BCUT2D eigenvalue weighted by atomic mass is 32.2. The smallest absolute Gasteiger partial charge is 0.418 e. The lowest BCUT2D eigenvalue weighted by molar-refractivity contribution is -0.136. The molecule has 0 aliphatic heterocycles. The monoisotopic (exact) mass is 501 g/mol. The first-order valence-corrected chi connectivity index (χ1v) is 12.4. The van der Waals surface area contributed by atoms with Crippen LogP contribution in [0.25, 0.3) is 22.0 Å². The summed E-state index contributed by atoms with van der Waals surface area (Å²) in [4.78, 5) is 4.05. The van der Waals surface area contributed by atoms with Crippen molar-refractivity contribution in [3.63, 3.8) is 0 Å². The number of rotatable bonds is 7. The molecule has 1 aromatic heterocycles. The zero-order valence-electron chi connectivity index (χ0n) is 18.7. The molecule has 1 heterocycles. The third-order valence-electron chi connectivity index (χ3n) is 5.50. The van der Waals surface area contributed by atoms with Crippen LogP contribution in [0, 0.1) is 6.92 Å². The maximum absolute atomic E-state index is 13.5. The SMILES string of the molecule is Cc1cnc2c(C(F)(F)F)cccc2c1-c1cccc(Oc2ccccc2S(=O)(=O)CCCO)c1. The summed E-state index contributed by atoms with van der Waals surface area (Å²) in [6.07, 6.45) is -3.04. The van der Waals surface area contributed by atoms with E-state index in [0.29, 0.717) is 27.8 Å². The van der Waals surface area contributed by atoms with Crippen LogP contribution in [0.2, 0.25) is 0 Å². The third-order valence-corrected chi connectivity index (χ3v) is 7.33. The molecule has 0 atom stereocenters. The molecule has 182 valence electrons. The molecule has 4 aromatic rings. The maximum atomic E-state index is 13.5. The second-order valence-electron chi connectivity index (χ2n) is 7.99. The maximum Gasteiger partial charge on any atom is 0.418 e. The van der Waals surface area contributed by atoms with Crippen molar-refractivity contribution in [1.82, 2.24) is 4.98 Å². The minimum atomic E-state index is -4.55. The second-order valence-corrected chi connectivity index (χ2v) is 10.1. The molecule has 0 bridgehead atoms. The first-order valence-electron chi connectivity index (χ1n) is 10.8. The quantitative estimate of drug-likeness (QED) is 0.327. The van der Waals surface area contributed by atoms with Crippen LogP contribution in [-0.4, -0.2) is 30.9 Å². The van der Waals surface area contributed by atoms with Gasteiger partial charge in [-0.3, -0.25) is 4.98 Å². The summed E-state index contributed by atoms with van der Waals surface area (Å²) in [5, 5.41) is 9.37. The molecule has 4 rings (SSSR count). The zero-order valence-corrected chi connectivity index (χ0v) is 19.5. The molecule has 5 nitrogen and oxygen atoms in total. The number of alkyl halides is 3. The summed E-state index contributed by atoms with van der Waals surface area (Å²) in [7, 11) is -3.69. The van der Waals surface area contributed by atoms with Gasteiger partial charge in [0.2, 0.25) is 0 Å². The van der Waals surface area contributed by atoms with E-state index in [1.54, 1.807) is 49.4 Å². The van der Waals surface area contributed by atoms with E-state index in [0.717, 1.165) is 6.07 Å². The van der Waals surface area contributed by atoms with Crippen LogP contribution < -0.4 is 4.74 Å². The Labute approximate surface area is 200 Å². The Hall–Kier alpha value is -3.43.